The van der Waals surface area contributed by atoms with E-state index in [1.807, 2.05) is 46.4 Å². The predicted molar refractivity (Wildman–Crippen MR) is 210 cm³/mol. The van der Waals surface area contributed by atoms with E-state index in [2.05, 4.69) is 168 Å². The molecule has 0 aliphatic carbocycles. The van der Waals surface area contributed by atoms with E-state index in [9.17, 15) is 0 Å². The van der Waals surface area contributed by atoms with Crippen LogP contribution in [-0.2, 0) is 0 Å². The Hall–Kier alpha value is -6.02. The molecule has 0 unspecified atom stereocenters. The topological polar surface area (TPSA) is 37.2 Å². The molecule has 1 aromatic heterocycles. The predicted octanol–water partition coefficient (Wildman–Crippen LogP) is 12.5. The molecule has 0 saturated carbocycles. The zero-order valence-electron chi connectivity index (χ0n) is 27.3. The second-order valence-corrected chi connectivity index (χ2v) is 14.5. The molecule has 0 spiro atoms. The molecule has 0 bridgehead atoms. The molecule has 51 heavy (non-hydrogen) atoms. The van der Waals surface area contributed by atoms with Gasteiger partial charge in [-0.3, -0.25) is 0 Å². The van der Waals surface area contributed by atoms with Crippen LogP contribution in [0.15, 0.2) is 196 Å². The quantitative estimate of drug-likeness (QED) is 0.179. The SMILES string of the molecule is c1ccc(-c2nc(-c3ccc(N4c5ccccc5Sc5ccccc54)cc3)nn2-c2ccc(N3c4ccccc4Sc4ccccc43)cc2)cc1. The number of anilines is 6. The van der Waals surface area contributed by atoms with Crippen LogP contribution in [0, 0.1) is 0 Å². The highest BCUT2D eigenvalue weighted by Gasteiger charge is 2.26. The number of para-hydroxylation sites is 4. The van der Waals surface area contributed by atoms with Crippen molar-refractivity contribution in [3.05, 3.63) is 176 Å². The number of rotatable bonds is 5. The second kappa shape index (κ2) is 12.4. The van der Waals surface area contributed by atoms with Crippen molar-refractivity contribution >= 4 is 57.6 Å². The molecule has 3 heterocycles. The summed E-state index contributed by atoms with van der Waals surface area (Å²) in [5.74, 6) is 1.47. The van der Waals surface area contributed by atoms with Crippen LogP contribution < -0.4 is 9.80 Å². The first-order valence-corrected chi connectivity index (χ1v) is 18.5. The molecule has 2 aliphatic rings. The van der Waals surface area contributed by atoms with Crippen molar-refractivity contribution in [1.29, 1.82) is 0 Å². The van der Waals surface area contributed by atoms with E-state index >= 15 is 0 Å². The first-order chi connectivity index (χ1) is 25.3. The van der Waals surface area contributed by atoms with Crippen molar-refractivity contribution in [3.8, 4) is 28.5 Å². The summed E-state index contributed by atoms with van der Waals surface area (Å²) in [5.41, 5.74) is 9.82. The van der Waals surface area contributed by atoms with Crippen LogP contribution in [0.4, 0.5) is 34.1 Å². The molecular formula is C44H29N5S2. The zero-order chi connectivity index (χ0) is 33.7. The number of nitrogens with zero attached hydrogens (tertiary/aromatic N) is 5. The van der Waals surface area contributed by atoms with E-state index in [4.69, 9.17) is 10.1 Å². The molecule has 0 atom stereocenters. The van der Waals surface area contributed by atoms with Crippen molar-refractivity contribution in [1.82, 2.24) is 14.8 Å². The van der Waals surface area contributed by atoms with Gasteiger partial charge in [-0.15, -0.1) is 5.10 Å². The summed E-state index contributed by atoms with van der Waals surface area (Å²) >= 11 is 3.63. The van der Waals surface area contributed by atoms with Gasteiger partial charge in [0.2, 0.25) is 0 Å². The van der Waals surface area contributed by atoms with E-state index in [1.165, 1.54) is 42.3 Å². The monoisotopic (exact) mass is 691 g/mol. The van der Waals surface area contributed by atoms with Crippen molar-refractivity contribution in [2.75, 3.05) is 9.80 Å². The van der Waals surface area contributed by atoms with Gasteiger partial charge >= 0.3 is 0 Å². The fraction of sp³-hybridized carbons (Fsp3) is 0. The maximum Gasteiger partial charge on any atom is 0.182 e. The maximum atomic E-state index is 5.13. The van der Waals surface area contributed by atoms with Gasteiger partial charge in [0.25, 0.3) is 0 Å². The third-order valence-corrected chi connectivity index (χ3v) is 11.5. The van der Waals surface area contributed by atoms with Gasteiger partial charge in [-0.2, -0.15) is 0 Å². The molecule has 0 radical (unpaired) electrons. The number of benzene rings is 7. The summed E-state index contributed by atoms with van der Waals surface area (Å²) in [7, 11) is 0. The van der Waals surface area contributed by atoms with E-state index < -0.39 is 0 Å². The largest absolute Gasteiger partial charge is 0.308 e. The molecule has 242 valence electrons. The number of fused-ring (bicyclic) bond motifs is 4. The van der Waals surface area contributed by atoms with Crippen molar-refractivity contribution in [2.24, 2.45) is 0 Å². The minimum Gasteiger partial charge on any atom is -0.308 e. The standard InChI is InChI=1S/C44H29N5S2/c1-2-12-31(13-3-1)44-45-43(30-22-24-32(25-23-30)47-35-14-4-8-18-39(35)50-40-19-9-5-15-36(40)47)46-49(44)34-28-26-33(27-29-34)48-37-16-6-10-20-41(37)51-42-21-11-7-17-38(42)48/h1-29H. The minimum absolute atomic E-state index is 0.676. The molecule has 10 rings (SSSR count). The molecule has 2 aliphatic heterocycles. The lowest BCUT2D eigenvalue weighted by Gasteiger charge is -2.32. The van der Waals surface area contributed by atoms with Crippen LogP contribution in [-0.4, -0.2) is 14.8 Å². The Kier molecular flexibility index (Phi) is 7.25. The van der Waals surface area contributed by atoms with Gasteiger partial charge in [-0.25, -0.2) is 9.67 Å². The normalized spacial score (nSPS) is 12.9. The average Bonchev–Trinajstić information content (AvgIpc) is 3.65. The fourth-order valence-corrected chi connectivity index (χ4v) is 8.97. The van der Waals surface area contributed by atoms with Crippen molar-refractivity contribution in [2.45, 2.75) is 19.6 Å². The minimum atomic E-state index is 0.676. The van der Waals surface area contributed by atoms with Crippen LogP contribution >= 0.6 is 23.5 Å². The summed E-state index contributed by atoms with van der Waals surface area (Å²) < 4.78 is 1.96. The van der Waals surface area contributed by atoms with Crippen LogP contribution in [0.25, 0.3) is 28.5 Å². The molecule has 7 aromatic carbocycles. The van der Waals surface area contributed by atoms with E-state index in [-0.39, 0.29) is 0 Å². The number of aromatic nitrogens is 3. The van der Waals surface area contributed by atoms with Crippen LogP contribution in [0.2, 0.25) is 0 Å². The van der Waals surface area contributed by atoms with Crippen molar-refractivity contribution < 1.29 is 0 Å². The average molecular weight is 692 g/mol. The highest BCUT2D eigenvalue weighted by molar-refractivity contribution is 8.00. The summed E-state index contributed by atoms with van der Waals surface area (Å²) in [6, 6.07) is 61.9. The Bertz CT molecular complexity index is 2450. The van der Waals surface area contributed by atoms with E-state index in [1.54, 1.807) is 0 Å². The Morgan fingerprint density at radius 2 is 0.745 bits per heavy atom. The zero-order valence-corrected chi connectivity index (χ0v) is 28.9. The van der Waals surface area contributed by atoms with Crippen LogP contribution in [0.3, 0.4) is 0 Å². The molecule has 0 saturated heterocycles. The third-order valence-electron chi connectivity index (χ3n) is 9.24. The van der Waals surface area contributed by atoms with Gasteiger partial charge in [0.1, 0.15) is 0 Å². The third kappa shape index (κ3) is 5.21. The summed E-state index contributed by atoms with van der Waals surface area (Å²) in [4.78, 5) is 14.8. The molecule has 5 nitrogen and oxygen atoms in total. The first kappa shape index (κ1) is 29.9. The molecular weight excluding hydrogens is 663 g/mol. The second-order valence-electron chi connectivity index (χ2n) is 12.3. The lowest BCUT2D eigenvalue weighted by Crippen LogP contribution is -2.14. The Morgan fingerprint density at radius 3 is 1.22 bits per heavy atom. The van der Waals surface area contributed by atoms with Gasteiger partial charge in [0, 0.05) is 42.1 Å². The first-order valence-electron chi connectivity index (χ1n) is 16.8. The number of hydrogen-bond acceptors (Lipinski definition) is 6. The molecule has 0 N–H and O–H groups in total. The van der Waals surface area contributed by atoms with Gasteiger partial charge in [-0.05, 0) is 97.1 Å². The lowest BCUT2D eigenvalue weighted by molar-refractivity contribution is 0.890. The van der Waals surface area contributed by atoms with Gasteiger partial charge in [0.15, 0.2) is 11.6 Å². The van der Waals surface area contributed by atoms with Crippen molar-refractivity contribution in [3.63, 3.8) is 0 Å². The van der Waals surface area contributed by atoms with Gasteiger partial charge in [0.05, 0.1) is 28.4 Å². The van der Waals surface area contributed by atoms with E-state index in [0.29, 0.717) is 5.82 Å². The number of hydrogen-bond donors (Lipinski definition) is 0. The molecule has 7 heteroatoms. The summed E-state index contributed by atoms with van der Waals surface area (Å²) in [5, 5.41) is 5.13. The molecule has 0 amide bonds. The highest BCUT2D eigenvalue weighted by atomic mass is 32.2. The Labute approximate surface area is 304 Å². The molecule has 8 aromatic rings. The Balaban J connectivity index is 1.03. The maximum absolute atomic E-state index is 5.13. The van der Waals surface area contributed by atoms with Crippen LogP contribution in [0.5, 0.6) is 0 Å². The van der Waals surface area contributed by atoms with E-state index in [0.717, 1.165) is 34.0 Å². The molecule has 0 fully saturated rings. The Morgan fingerprint density at radius 1 is 0.353 bits per heavy atom. The van der Waals surface area contributed by atoms with Gasteiger partial charge in [-0.1, -0.05) is 102 Å². The van der Waals surface area contributed by atoms with Gasteiger partial charge < -0.3 is 9.80 Å². The summed E-state index contributed by atoms with van der Waals surface area (Å²) in [6.07, 6.45) is 0. The van der Waals surface area contributed by atoms with Crippen LogP contribution in [0.1, 0.15) is 0 Å². The lowest BCUT2D eigenvalue weighted by atomic mass is 10.1. The fourth-order valence-electron chi connectivity index (χ4n) is 6.86. The smallest absolute Gasteiger partial charge is 0.182 e. The highest BCUT2D eigenvalue weighted by Crippen LogP contribution is 2.52. The summed E-state index contributed by atoms with van der Waals surface area (Å²) in [6.45, 7) is 0.